The zero-order valence-electron chi connectivity index (χ0n) is 19.5. The number of halogens is 2. The lowest BCUT2D eigenvalue weighted by atomic mass is 9.54. The van der Waals surface area contributed by atoms with E-state index in [1.54, 1.807) is 48.6 Å². The number of benzene rings is 2. The summed E-state index contributed by atoms with van der Waals surface area (Å²) >= 11 is 12.8. The maximum absolute atomic E-state index is 13.9. The summed E-state index contributed by atoms with van der Waals surface area (Å²) in [5.41, 5.74) is 1.94. The van der Waals surface area contributed by atoms with Crippen LogP contribution in [0.5, 0.6) is 0 Å². The Morgan fingerprint density at radius 1 is 0.806 bits per heavy atom. The Bertz CT molecular complexity index is 1550. The summed E-state index contributed by atoms with van der Waals surface area (Å²) in [7, 11) is 0. The number of carbonyl (C=O) groups excluding carboxylic acids is 4. The van der Waals surface area contributed by atoms with Crippen molar-refractivity contribution in [1.82, 2.24) is 0 Å². The fourth-order valence-corrected chi connectivity index (χ4v) is 5.57. The molecule has 36 heavy (non-hydrogen) atoms. The second-order valence-electron chi connectivity index (χ2n) is 9.05. The van der Waals surface area contributed by atoms with Crippen LogP contribution >= 0.6 is 23.2 Å². The van der Waals surface area contributed by atoms with Gasteiger partial charge in [0.05, 0.1) is 11.3 Å². The van der Waals surface area contributed by atoms with Gasteiger partial charge in [0.1, 0.15) is 0 Å². The van der Waals surface area contributed by atoms with Crippen LogP contribution in [0.2, 0.25) is 10.0 Å². The average Bonchev–Trinajstić information content (AvgIpc) is 2.86. The second kappa shape index (κ2) is 8.81. The first-order chi connectivity index (χ1) is 17.2. The van der Waals surface area contributed by atoms with E-state index in [4.69, 9.17) is 23.2 Å². The Balaban J connectivity index is 1.87. The van der Waals surface area contributed by atoms with Crippen LogP contribution in [0.25, 0.3) is 11.6 Å². The van der Waals surface area contributed by atoms with Gasteiger partial charge in [0.15, 0.2) is 23.1 Å². The smallest absolute Gasteiger partial charge is 0.186 e. The largest absolute Gasteiger partial charge is 0.294 e. The van der Waals surface area contributed by atoms with Gasteiger partial charge in [-0.05, 0) is 84.2 Å². The summed E-state index contributed by atoms with van der Waals surface area (Å²) in [5.74, 6) is -2.83. The molecule has 178 valence electrons. The van der Waals surface area contributed by atoms with Gasteiger partial charge in [0.2, 0.25) is 0 Å². The van der Waals surface area contributed by atoms with Crippen LogP contribution in [0.4, 0.5) is 0 Å². The molecule has 6 heteroatoms. The van der Waals surface area contributed by atoms with Gasteiger partial charge >= 0.3 is 0 Å². The number of ketones is 4. The molecule has 2 atom stereocenters. The highest BCUT2D eigenvalue weighted by atomic mass is 35.5. The van der Waals surface area contributed by atoms with Crippen molar-refractivity contribution in [3.05, 3.63) is 116 Å². The zero-order chi connectivity index (χ0) is 25.8. The summed E-state index contributed by atoms with van der Waals surface area (Å²) in [6.07, 6.45) is 9.80. The van der Waals surface area contributed by atoms with Crippen LogP contribution in [0.1, 0.15) is 22.3 Å². The van der Waals surface area contributed by atoms with E-state index in [0.29, 0.717) is 26.7 Å². The van der Waals surface area contributed by atoms with E-state index >= 15 is 0 Å². The Morgan fingerprint density at radius 2 is 1.47 bits per heavy atom. The molecule has 2 unspecified atom stereocenters. The SMILES string of the molecule is Cc1c(Cl)cccc1/C=C/C12C(=O)C=CC(=O)C1C1=C(C=C2c2cccc(Cl)c2C)C(=O)C=CC1=O. The monoisotopic (exact) mass is 514 g/mol. The molecule has 0 amide bonds. The van der Waals surface area contributed by atoms with Crippen molar-refractivity contribution in [2.24, 2.45) is 11.3 Å². The summed E-state index contributed by atoms with van der Waals surface area (Å²) in [6.45, 7) is 3.67. The maximum atomic E-state index is 13.9. The van der Waals surface area contributed by atoms with Crippen LogP contribution in [0, 0.1) is 25.2 Å². The van der Waals surface area contributed by atoms with Crippen LogP contribution in [-0.2, 0) is 19.2 Å². The lowest BCUT2D eigenvalue weighted by Gasteiger charge is -2.44. The third-order valence-corrected chi connectivity index (χ3v) is 7.99. The molecule has 0 aromatic heterocycles. The molecule has 0 bridgehead atoms. The fourth-order valence-electron chi connectivity index (χ4n) is 5.22. The van der Waals surface area contributed by atoms with Crippen molar-refractivity contribution >= 4 is 58.0 Å². The number of hydrogen-bond donors (Lipinski definition) is 0. The molecule has 2 aromatic carbocycles. The minimum atomic E-state index is -1.56. The molecule has 2 aromatic rings. The van der Waals surface area contributed by atoms with E-state index in [9.17, 15) is 19.2 Å². The van der Waals surface area contributed by atoms with Crippen LogP contribution < -0.4 is 0 Å². The number of allylic oxidation sites excluding steroid dienone is 9. The maximum Gasteiger partial charge on any atom is 0.186 e. The van der Waals surface area contributed by atoms with Crippen molar-refractivity contribution in [1.29, 1.82) is 0 Å². The van der Waals surface area contributed by atoms with E-state index in [1.165, 1.54) is 18.2 Å². The molecule has 0 saturated heterocycles. The van der Waals surface area contributed by atoms with Gasteiger partial charge in [-0.15, -0.1) is 0 Å². The molecule has 3 aliphatic carbocycles. The van der Waals surface area contributed by atoms with Crippen molar-refractivity contribution < 1.29 is 19.2 Å². The van der Waals surface area contributed by atoms with Crippen molar-refractivity contribution in [2.45, 2.75) is 13.8 Å². The van der Waals surface area contributed by atoms with Gasteiger partial charge in [0.25, 0.3) is 0 Å². The van der Waals surface area contributed by atoms with Gasteiger partial charge < -0.3 is 0 Å². The summed E-state index contributed by atoms with van der Waals surface area (Å²) < 4.78 is 0. The fraction of sp³-hybridized carbons (Fsp3) is 0.133. The standard InChI is InChI=1S/C30H20Cl2O4/c1-16-18(5-3-7-22(16)31)13-14-30-21(19-6-4-8-23(32)17(19)2)15-20-24(33)9-10-25(34)28(20)29(30)26(35)11-12-27(30)36/h3-15,29H,1-2H3/b14-13+. The number of rotatable bonds is 3. The summed E-state index contributed by atoms with van der Waals surface area (Å²) in [6, 6.07) is 10.7. The molecular formula is C30H20Cl2O4. The molecular weight excluding hydrogens is 495 g/mol. The molecule has 0 spiro atoms. The van der Waals surface area contributed by atoms with Crippen molar-refractivity contribution in [2.75, 3.05) is 0 Å². The molecule has 5 rings (SSSR count). The van der Waals surface area contributed by atoms with Gasteiger partial charge in [-0.25, -0.2) is 0 Å². The van der Waals surface area contributed by atoms with Crippen molar-refractivity contribution in [3.8, 4) is 0 Å². The number of carbonyl (C=O) groups is 4. The molecule has 3 aliphatic rings. The highest BCUT2D eigenvalue weighted by Gasteiger charge is 2.56. The lowest BCUT2D eigenvalue weighted by Crippen LogP contribution is -2.48. The zero-order valence-corrected chi connectivity index (χ0v) is 21.0. The molecule has 0 N–H and O–H groups in total. The van der Waals surface area contributed by atoms with Gasteiger partial charge in [-0.3, -0.25) is 19.2 Å². The highest BCUT2D eigenvalue weighted by molar-refractivity contribution is 6.32. The van der Waals surface area contributed by atoms with E-state index in [2.05, 4.69) is 0 Å². The third kappa shape index (κ3) is 3.52. The van der Waals surface area contributed by atoms with Gasteiger partial charge in [0, 0.05) is 21.2 Å². The molecule has 0 heterocycles. The molecule has 0 saturated carbocycles. The van der Waals surface area contributed by atoms with Gasteiger partial charge in [-0.2, -0.15) is 0 Å². The molecule has 0 radical (unpaired) electrons. The summed E-state index contributed by atoms with van der Waals surface area (Å²) in [5, 5.41) is 1.04. The predicted octanol–water partition coefficient (Wildman–Crippen LogP) is 6.04. The lowest BCUT2D eigenvalue weighted by molar-refractivity contribution is -0.130. The van der Waals surface area contributed by atoms with E-state index in [0.717, 1.165) is 17.2 Å². The topological polar surface area (TPSA) is 68.3 Å². The van der Waals surface area contributed by atoms with Crippen molar-refractivity contribution in [3.63, 3.8) is 0 Å². The Labute approximate surface area is 218 Å². The molecule has 0 aliphatic heterocycles. The van der Waals surface area contributed by atoms with Crippen LogP contribution in [0.15, 0.2) is 84.0 Å². The Hall–Kier alpha value is -3.60. The molecule has 0 fully saturated rings. The van der Waals surface area contributed by atoms with E-state index in [1.807, 2.05) is 19.9 Å². The second-order valence-corrected chi connectivity index (χ2v) is 9.86. The first kappa shape index (κ1) is 24.1. The molecule has 4 nitrogen and oxygen atoms in total. The minimum Gasteiger partial charge on any atom is -0.294 e. The highest BCUT2D eigenvalue weighted by Crippen LogP contribution is 2.55. The Morgan fingerprint density at radius 3 is 2.22 bits per heavy atom. The normalized spacial score (nSPS) is 23.3. The summed E-state index contributed by atoms with van der Waals surface area (Å²) in [4.78, 5) is 53.4. The first-order valence-electron chi connectivity index (χ1n) is 11.4. The quantitative estimate of drug-likeness (QED) is 0.468. The first-order valence-corrected chi connectivity index (χ1v) is 12.1. The van der Waals surface area contributed by atoms with Crippen LogP contribution in [0.3, 0.4) is 0 Å². The number of fused-ring (bicyclic) bond motifs is 2. The van der Waals surface area contributed by atoms with E-state index in [-0.39, 0.29) is 22.7 Å². The number of hydrogen-bond acceptors (Lipinski definition) is 4. The average molecular weight is 515 g/mol. The predicted molar refractivity (Wildman–Crippen MR) is 141 cm³/mol. The van der Waals surface area contributed by atoms with Crippen LogP contribution in [-0.4, -0.2) is 23.1 Å². The third-order valence-electron chi connectivity index (χ3n) is 7.17. The Kier molecular flexibility index (Phi) is 5.90. The van der Waals surface area contributed by atoms with Gasteiger partial charge in [-0.1, -0.05) is 59.6 Å². The van der Waals surface area contributed by atoms with E-state index < -0.39 is 22.9 Å². The minimum absolute atomic E-state index is 0.0427.